The zero-order valence-electron chi connectivity index (χ0n) is 19.5. The maximum atomic E-state index is 13.3. The highest BCUT2D eigenvalue weighted by Gasteiger charge is 2.27. The van der Waals surface area contributed by atoms with Crippen molar-refractivity contribution < 1.29 is 19.1 Å². The van der Waals surface area contributed by atoms with Crippen LogP contribution in [0.3, 0.4) is 0 Å². The Labute approximate surface area is 195 Å². The van der Waals surface area contributed by atoms with E-state index in [0.717, 1.165) is 17.5 Å². The Morgan fingerprint density at radius 2 is 1.75 bits per heavy atom. The van der Waals surface area contributed by atoms with Crippen LogP contribution in [0.25, 0.3) is 0 Å². The van der Waals surface area contributed by atoms with Crippen molar-refractivity contribution in [2.24, 2.45) is 0 Å². The zero-order valence-corrected chi connectivity index (χ0v) is 20.2. The van der Waals surface area contributed by atoms with Crippen LogP contribution in [-0.4, -0.2) is 43.0 Å². The lowest BCUT2D eigenvalue weighted by Crippen LogP contribution is -2.49. The molecule has 0 saturated carbocycles. The molecule has 0 aliphatic heterocycles. The van der Waals surface area contributed by atoms with Gasteiger partial charge in [0.05, 0.1) is 14.2 Å². The van der Waals surface area contributed by atoms with Crippen molar-refractivity contribution in [2.45, 2.75) is 58.7 Å². The highest BCUT2D eigenvalue weighted by atomic mass is 35.5. The van der Waals surface area contributed by atoms with Crippen LogP contribution in [0.1, 0.15) is 44.7 Å². The smallest absolute Gasteiger partial charge is 0.242 e. The molecule has 7 heteroatoms. The summed E-state index contributed by atoms with van der Waals surface area (Å²) < 4.78 is 10.6. The van der Waals surface area contributed by atoms with Gasteiger partial charge in [-0.25, -0.2) is 0 Å². The molecule has 2 rings (SSSR count). The minimum atomic E-state index is -0.627. The average Bonchev–Trinajstić information content (AvgIpc) is 2.81. The van der Waals surface area contributed by atoms with Gasteiger partial charge in [0, 0.05) is 24.0 Å². The quantitative estimate of drug-likeness (QED) is 0.531. The van der Waals surface area contributed by atoms with Gasteiger partial charge in [-0.1, -0.05) is 42.8 Å². The van der Waals surface area contributed by atoms with Crippen LogP contribution in [0.2, 0.25) is 5.02 Å². The lowest BCUT2D eigenvalue weighted by molar-refractivity contribution is -0.140. The lowest BCUT2D eigenvalue weighted by atomic mass is 10.1. The number of amides is 2. The number of halogens is 1. The van der Waals surface area contributed by atoms with Crippen LogP contribution >= 0.6 is 11.6 Å². The van der Waals surface area contributed by atoms with Gasteiger partial charge < -0.3 is 19.7 Å². The van der Waals surface area contributed by atoms with Gasteiger partial charge in [0.25, 0.3) is 0 Å². The summed E-state index contributed by atoms with van der Waals surface area (Å²) in [6, 6.07) is 12.4. The molecule has 2 amide bonds. The normalized spacial score (nSPS) is 12.6. The maximum Gasteiger partial charge on any atom is 0.242 e. The molecule has 0 aliphatic carbocycles. The number of hydrogen-bond acceptors (Lipinski definition) is 4. The molecule has 2 atom stereocenters. The van der Waals surface area contributed by atoms with E-state index in [2.05, 4.69) is 5.32 Å². The first-order valence-electron chi connectivity index (χ1n) is 10.8. The molecule has 0 spiro atoms. The number of aryl methyl sites for hydroxylation is 1. The number of rotatable bonds is 11. The molecule has 0 aromatic heterocycles. The predicted octanol–water partition coefficient (Wildman–Crippen LogP) is 4.62. The second-order valence-corrected chi connectivity index (χ2v) is 8.20. The monoisotopic (exact) mass is 460 g/mol. The average molecular weight is 461 g/mol. The van der Waals surface area contributed by atoms with Crippen molar-refractivity contribution in [3.8, 4) is 11.5 Å². The first-order valence-corrected chi connectivity index (χ1v) is 11.2. The second-order valence-electron chi connectivity index (χ2n) is 7.80. The summed E-state index contributed by atoms with van der Waals surface area (Å²) in [6.07, 6.45) is 1.58. The Kier molecular flexibility index (Phi) is 9.85. The Morgan fingerprint density at radius 3 is 2.38 bits per heavy atom. The predicted molar refractivity (Wildman–Crippen MR) is 127 cm³/mol. The van der Waals surface area contributed by atoms with Gasteiger partial charge in [-0.05, 0) is 56.0 Å². The largest absolute Gasteiger partial charge is 0.493 e. The third kappa shape index (κ3) is 6.89. The summed E-state index contributed by atoms with van der Waals surface area (Å²) in [4.78, 5) is 27.6. The molecule has 0 saturated heterocycles. The Bertz CT molecular complexity index is 919. The fourth-order valence-electron chi connectivity index (χ4n) is 3.29. The SMILES string of the molecule is CC[C@H](C)NC(=O)[C@H](C)N(Cc1ccccc1Cl)C(=O)CCc1ccc(OC)c(OC)c1. The van der Waals surface area contributed by atoms with Crippen molar-refractivity contribution in [3.05, 3.63) is 58.6 Å². The minimum absolute atomic E-state index is 0.0361. The molecule has 174 valence electrons. The summed E-state index contributed by atoms with van der Waals surface area (Å²) in [5.41, 5.74) is 1.75. The van der Waals surface area contributed by atoms with Gasteiger partial charge in [-0.15, -0.1) is 0 Å². The van der Waals surface area contributed by atoms with E-state index in [1.54, 1.807) is 32.1 Å². The first kappa shape index (κ1) is 25.5. The van der Waals surface area contributed by atoms with Crippen molar-refractivity contribution >= 4 is 23.4 Å². The molecule has 0 fully saturated rings. The van der Waals surface area contributed by atoms with Gasteiger partial charge in [0.1, 0.15) is 6.04 Å². The number of nitrogens with zero attached hydrogens (tertiary/aromatic N) is 1. The lowest BCUT2D eigenvalue weighted by Gasteiger charge is -2.30. The van der Waals surface area contributed by atoms with E-state index in [-0.39, 0.29) is 30.8 Å². The Balaban J connectivity index is 2.19. The van der Waals surface area contributed by atoms with Gasteiger partial charge in [-0.2, -0.15) is 0 Å². The number of hydrogen-bond donors (Lipinski definition) is 1. The molecule has 2 aromatic rings. The van der Waals surface area contributed by atoms with Crippen molar-refractivity contribution in [3.63, 3.8) is 0 Å². The molecule has 0 unspecified atom stereocenters. The van der Waals surface area contributed by atoms with Crippen molar-refractivity contribution in [1.29, 1.82) is 0 Å². The summed E-state index contributed by atoms with van der Waals surface area (Å²) >= 11 is 6.33. The molecule has 0 radical (unpaired) electrons. The summed E-state index contributed by atoms with van der Waals surface area (Å²) in [6.45, 7) is 5.97. The highest BCUT2D eigenvalue weighted by Crippen LogP contribution is 2.28. The number of carbonyl (C=O) groups is 2. The molecular weight excluding hydrogens is 428 g/mol. The summed E-state index contributed by atoms with van der Waals surface area (Å²) in [5.74, 6) is 0.960. The maximum absolute atomic E-state index is 13.3. The molecule has 0 bridgehead atoms. The fraction of sp³-hybridized carbons (Fsp3) is 0.440. The van der Waals surface area contributed by atoms with Crippen LogP contribution in [0.4, 0.5) is 0 Å². The topological polar surface area (TPSA) is 67.9 Å². The number of carbonyl (C=O) groups excluding carboxylic acids is 2. The Morgan fingerprint density at radius 1 is 1.06 bits per heavy atom. The number of ether oxygens (including phenoxy) is 2. The van der Waals surface area contributed by atoms with E-state index in [0.29, 0.717) is 22.9 Å². The van der Waals surface area contributed by atoms with Crippen LogP contribution in [-0.2, 0) is 22.6 Å². The van der Waals surface area contributed by atoms with Crippen molar-refractivity contribution in [2.75, 3.05) is 14.2 Å². The number of nitrogens with one attached hydrogen (secondary N) is 1. The van der Waals surface area contributed by atoms with Crippen LogP contribution < -0.4 is 14.8 Å². The van der Waals surface area contributed by atoms with E-state index in [4.69, 9.17) is 21.1 Å². The third-order valence-corrected chi connectivity index (χ3v) is 5.91. The van der Waals surface area contributed by atoms with Gasteiger partial charge in [0.2, 0.25) is 11.8 Å². The highest BCUT2D eigenvalue weighted by molar-refractivity contribution is 6.31. The molecule has 0 heterocycles. The fourth-order valence-corrected chi connectivity index (χ4v) is 3.48. The van der Waals surface area contributed by atoms with E-state index >= 15 is 0 Å². The second kappa shape index (κ2) is 12.3. The van der Waals surface area contributed by atoms with Crippen LogP contribution in [0.5, 0.6) is 11.5 Å². The molecule has 1 N–H and O–H groups in total. The van der Waals surface area contributed by atoms with Gasteiger partial charge >= 0.3 is 0 Å². The zero-order chi connectivity index (χ0) is 23.7. The molecule has 2 aromatic carbocycles. The Hall–Kier alpha value is -2.73. The molecular formula is C25H33ClN2O4. The molecule has 32 heavy (non-hydrogen) atoms. The van der Waals surface area contributed by atoms with Crippen LogP contribution in [0, 0.1) is 0 Å². The van der Waals surface area contributed by atoms with Gasteiger partial charge in [0.15, 0.2) is 11.5 Å². The standard InChI is InChI=1S/C25H33ClN2O4/c1-6-17(2)27-25(30)18(3)28(16-20-9-7-8-10-21(20)26)24(29)14-12-19-11-13-22(31-4)23(15-19)32-5/h7-11,13,15,17-18H,6,12,14,16H2,1-5H3,(H,27,30)/t17-,18-/m0/s1. The third-order valence-electron chi connectivity index (χ3n) is 5.54. The summed E-state index contributed by atoms with van der Waals surface area (Å²) in [7, 11) is 3.16. The molecule has 0 aliphatic rings. The van der Waals surface area contributed by atoms with Crippen molar-refractivity contribution in [1.82, 2.24) is 10.2 Å². The van der Waals surface area contributed by atoms with Crippen LogP contribution in [0.15, 0.2) is 42.5 Å². The van der Waals surface area contributed by atoms with E-state index in [1.807, 2.05) is 50.2 Å². The number of methoxy groups -OCH3 is 2. The van der Waals surface area contributed by atoms with Gasteiger partial charge in [-0.3, -0.25) is 9.59 Å². The number of benzene rings is 2. The molecule has 6 nitrogen and oxygen atoms in total. The van der Waals surface area contributed by atoms with E-state index in [1.165, 1.54) is 0 Å². The first-order chi connectivity index (χ1) is 15.3. The summed E-state index contributed by atoms with van der Waals surface area (Å²) in [5, 5.41) is 3.54. The minimum Gasteiger partial charge on any atom is -0.493 e. The van der Waals surface area contributed by atoms with E-state index in [9.17, 15) is 9.59 Å². The van der Waals surface area contributed by atoms with E-state index < -0.39 is 6.04 Å².